The molecule has 0 aromatic carbocycles. The highest BCUT2D eigenvalue weighted by Gasteiger charge is 2.37. The van der Waals surface area contributed by atoms with Crippen molar-refractivity contribution in [1.29, 1.82) is 0 Å². The van der Waals surface area contributed by atoms with E-state index in [2.05, 4.69) is 12.2 Å². The van der Waals surface area contributed by atoms with Crippen molar-refractivity contribution in [2.45, 2.75) is 64.0 Å². The Balaban J connectivity index is 1.86. The second-order valence-corrected chi connectivity index (χ2v) is 5.59. The van der Waals surface area contributed by atoms with Crippen LogP contribution in [0.3, 0.4) is 0 Å². The fraction of sp³-hybridized carbons (Fsp3) is 1.00. The third kappa shape index (κ3) is 3.21. The summed E-state index contributed by atoms with van der Waals surface area (Å²) < 4.78 is 5.74. The maximum absolute atomic E-state index is 5.74. The Morgan fingerprint density at radius 1 is 1.19 bits per heavy atom. The Morgan fingerprint density at radius 3 is 2.38 bits per heavy atom. The quantitative estimate of drug-likeness (QED) is 0.719. The Morgan fingerprint density at radius 2 is 1.88 bits per heavy atom. The molecule has 2 aliphatic carbocycles. The van der Waals surface area contributed by atoms with Gasteiger partial charge in [0.2, 0.25) is 0 Å². The molecule has 0 aliphatic heterocycles. The van der Waals surface area contributed by atoms with Crippen LogP contribution in [0.25, 0.3) is 0 Å². The van der Waals surface area contributed by atoms with Crippen LogP contribution < -0.4 is 5.32 Å². The molecule has 2 rings (SSSR count). The van der Waals surface area contributed by atoms with Crippen LogP contribution in [-0.4, -0.2) is 25.8 Å². The summed E-state index contributed by atoms with van der Waals surface area (Å²) in [6.07, 6.45) is 10.4. The van der Waals surface area contributed by atoms with Gasteiger partial charge in [0, 0.05) is 13.2 Å². The third-order valence-electron chi connectivity index (χ3n) is 4.28. The zero-order chi connectivity index (χ0) is 11.4. The zero-order valence-electron chi connectivity index (χ0n) is 10.9. The fourth-order valence-corrected chi connectivity index (χ4v) is 3.31. The summed E-state index contributed by atoms with van der Waals surface area (Å²) in [4.78, 5) is 0. The molecule has 2 atom stereocenters. The van der Waals surface area contributed by atoms with Gasteiger partial charge in [0.25, 0.3) is 0 Å². The number of rotatable bonds is 7. The van der Waals surface area contributed by atoms with Crippen LogP contribution in [0.1, 0.15) is 51.9 Å². The van der Waals surface area contributed by atoms with Crippen molar-refractivity contribution in [1.82, 2.24) is 5.32 Å². The first-order valence-corrected chi connectivity index (χ1v) is 7.11. The maximum Gasteiger partial charge on any atom is 0.0752 e. The Labute approximate surface area is 100 Å². The molecule has 1 N–H and O–H groups in total. The Kier molecular flexibility index (Phi) is 4.66. The third-order valence-corrected chi connectivity index (χ3v) is 4.28. The molecule has 16 heavy (non-hydrogen) atoms. The van der Waals surface area contributed by atoms with Gasteiger partial charge in [-0.05, 0) is 37.6 Å². The molecule has 0 bridgehead atoms. The lowest BCUT2D eigenvalue weighted by Gasteiger charge is -2.29. The van der Waals surface area contributed by atoms with Gasteiger partial charge in [0.05, 0.1) is 6.10 Å². The molecule has 0 heterocycles. The van der Waals surface area contributed by atoms with Crippen LogP contribution in [0.5, 0.6) is 0 Å². The van der Waals surface area contributed by atoms with Crippen LogP contribution in [0.15, 0.2) is 0 Å². The topological polar surface area (TPSA) is 21.3 Å². The summed E-state index contributed by atoms with van der Waals surface area (Å²) in [7, 11) is 1.89. The van der Waals surface area contributed by atoms with Gasteiger partial charge >= 0.3 is 0 Å². The molecular weight excluding hydrogens is 198 g/mol. The van der Waals surface area contributed by atoms with Crippen LogP contribution in [-0.2, 0) is 4.74 Å². The van der Waals surface area contributed by atoms with Gasteiger partial charge in [-0.2, -0.15) is 0 Å². The zero-order valence-corrected chi connectivity index (χ0v) is 10.9. The van der Waals surface area contributed by atoms with E-state index in [0.717, 1.165) is 18.4 Å². The summed E-state index contributed by atoms with van der Waals surface area (Å²) in [6, 6.07) is 0.602. The number of hydrogen-bond acceptors (Lipinski definition) is 2. The number of nitrogens with one attached hydrogen (secondary N) is 1. The molecule has 0 saturated heterocycles. The highest BCUT2D eigenvalue weighted by molar-refractivity contribution is 4.91. The predicted octanol–water partition coefficient (Wildman–Crippen LogP) is 2.97. The standard InChI is InChI=1S/C14H27NO/c1-3-15-13(10-11-6-4-5-7-11)14(16-2)12-8-9-12/h11-15H,3-10H2,1-2H3. The van der Waals surface area contributed by atoms with Crippen molar-refractivity contribution in [2.24, 2.45) is 11.8 Å². The summed E-state index contributed by atoms with van der Waals surface area (Å²) >= 11 is 0. The van der Waals surface area contributed by atoms with E-state index in [-0.39, 0.29) is 0 Å². The predicted molar refractivity (Wildman–Crippen MR) is 67.6 cm³/mol. The minimum Gasteiger partial charge on any atom is -0.380 e. The Hall–Kier alpha value is -0.0800. The average Bonchev–Trinajstić information content (AvgIpc) is 2.97. The SMILES string of the molecule is CCNC(CC1CCCC1)C(OC)C1CC1. The average molecular weight is 225 g/mol. The van der Waals surface area contributed by atoms with Gasteiger partial charge in [0.1, 0.15) is 0 Å². The summed E-state index contributed by atoms with van der Waals surface area (Å²) in [5.74, 6) is 1.80. The van der Waals surface area contributed by atoms with Gasteiger partial charge in [-0.25, -0.2) is 0 Å². The smallest absolute Gasteiger partial charge is 0.0752 e. The Bertz CT molecular complexity index is 197. The largest absolute Gasteiger partial charge is 0.380 e. The number of ether oxygens (including phenoxy) is 1. The minimum atomic E-state index is 0.473. The van der Waals surface area contributed by atoms with E-state index in [0.29, 0.717) is 12.1 Å². The molecule has 2 unspecified atom stereocenters. The van der Waals surface area contributed by atoms with Crippen molar-refractivity contribution in [3.05, 3.63) is 0 Å². The lowest BCUT2D eigenvalue weighted by Crippen LogP contribution is -2.43. The second kappa shape index (κ2) is 6.02. The van der Waals surface area contributed by atoms with Crippen molar-refractivity contribution >= 4 is 0 Å². The van der Waals surface area contributed by atoms with Crippen molar-refractivity contribution in [3.63, 3.8) is 0 Å². The molecule has 0 aromatic heterocycles. The van der Waals surface area contributed by atoms with Crippen molar-refractivity contribution in [2.75, 3.05) is 13.7 Å². The van der Waals surface area contributed by atoms with E-state index < -0.39 is 0 Å². The highest BCUT2D eigenvalue weighted by atomic mass is 16.5. The van der Waals surface area contributed by atoms with Gasteiger partial charge < -0.3 is 10.1 Å². The van der Waals surface area contributed by atoms with E-state index >= 15 is 0 Å². The van der Waals surface area contributed by atoms with Crippen LogP contribution in [0, 0.1) is 11.8 Å². The van der Waals surface area contributed by atoms with E-state index in [4.69, 9.17) is 4.74 Å². The van der Waals surface area contributed by atoms with Crippen LogP contribution in [0.4, 0.5) is 0 Å². The summed E-state index contributed by atoms with van der Waals surface area (Å²) in [5.41, 5.74) is 0. The van der Waals surface area contributed by atoms with Crippen LogP contribution in [0.2, 0.25) is 0 Å². The van der Waals surface area contributed by atoms with E-state index in [1.165, 1.54) is 44.9 Å². The first-order valence-electron chi connectivity index (χ1n) is 7.11. The van der Waals surface area contributed by atoms with E-state index in [1.54, 1.807) is 0 Å². The molecule has 0 aromatic rings. The summed E-state index contributed by atoms with van der Waals surface area (Å²) in [6.45, 7) is 3.28. The number of likely N-dealkylation sites (N-methyl/N-ethyl adjacent to an activating group) is 1. The van der Waals surface area contributed by atoms with Gasteiger partial charge in [-0.1, -0.05) is 32.6 Å². The number of methoxy groups -OCH3 is 1. The molecular formula is C14H27NO. The molecule has 2 saturated carbocycles. The molecule has 2 heteroatoms. The van der Waals surface area contributed by atoms with Crippen molar-refractivity contribution in [3.8, 4) is 0 Å². The minimum absolute atomic E-state index is 0.473. The molecule has 2 nitrogen and oxygen atoms in total. The van der Waals surface area contributed by atoms with Crippen molar-refractivity contribution < 1.29 is 4.74 Å². The lowest BCUT2D eigenvalue weighted by molar-refractivity contribution is 0.0437. The molecule has 0 spiro atoms. The molecule has 0 amide bonds. The van der Waals surface area contributed by atoms with Gasteiger partial charge in [-0.3, -0.25) is 0 Å². The first kappa shape index (κ1) is 12.4. The first-order chi connectivity index (χ1) is 7.85. The molecule has 0 radical (unpaired) electrons. The van der Waals surface area contributed by atoms with Gasteiger partial charge in [0.15, 0.2) is 0 Å². The second-order valence-electron chi connectivity index (χ2n) is 5.59. The molecule has 2 fully saturated rings. The number of hydrogen-bond donors (Lipinski definition) is 1. The normalized spacial score (nSPS) is 25.9. The molecule has 94 valence electrons. The van der Waals surface area contributed by atoms with Gasteiger partial charge in [-0.15, -0.1) is 0 Å². The summed E-state index contributed by atoms with van der Waals surface area (Å²) in [5, 5.41) is 3.66. The fourth-order valence-electron chi connectivity index (χ4n) is 3.31. The van der Waals surface area contributed by atoms with Crippen LogP contribution >= 0.6 is 0 Å². The monoisotopic (exact) mass is 225 g/mol. The molecule has 2 aliphatic rings. The van der Waals surface area contributed by atoms with E-state index in [1.807, 2.05) is 7.11 Å². The van der Waals surface area contributed by atoms with E-state index in [9.17, 15) is 0 Å². The highest BCUT2D eigenvalue weighted by Crippen LogP contribution is 2.38. The maximum atomic E-state index is 5.74. The lowest BCUT2D eigenvalue weighted by atomic mass is 9.93.